The number of ether oxygens (including phenoxy) is 2. The van der Waals surface area contributed by atoms with Crippen LogP contribution in [0.1, 0.15) is 68.8 Å². The molecule has 1 fully saturated rings. The molecule has 6 rings (SSSR count). The summed E-state index contributed by atoms with van der Waals surface area (Å²) in [4.78, 5) is 14.9. The maximum absolute atomic E-state index is 14.5. The third-order valence-electron chi connectivity index (χ3n) is 7.46. The average molecular weight is 616 g/mol. The summed E-state index contributed by atoms with van der Waals surface area (Å²) in [7, 11) is 3.17. The number of aromatic nitrogens is 8. The van der Waals surface area contributed by atoms with Gasteiger partial charge in [0.25, 0.3) is 6.43 Å². The Kier molecular flexibility index (Phi) is 8.22. The quantitative estimate of drug-likeness (QED) is 0.196. The molecule has 0 saturated carbocycles. The number of tetrazole rings is 1. The van der Waals surface area contributed by atoms with E-state index in [-0.39, 0.29) is 22.8 Å². The zero-order valence-electron chi connectivity index (χ0n) is 25.1. The molecule has 0 amide bonds. The van der Waals surface area contributed by atoms with Crippen LogP contribution in [0.25, 0.3) is 22.6 Å². The van der Waals surface area contributed by atoms with Gasteiger partial charge in [0, 0.05) is 12.7 Å². The van der Waals surface area contributed by atoms with E-state index in [1.54, 1.807) is 37.4 Å². The van der Waals surface area contributed by atoms with E-state index in [0.717, 1.165) is 18.4 Å². The Labute approximate surface area is 257 Å². The fourth-order valence-electron chi connectivity index (χ4n) is 5.40. The van der Waals surface area contributed by atoms with Gasteiger partial charge in [-0.25, -0.2) is 23.7 Å². The first-order chi connectivity index (χ1) is 21.8. The zero-order valence-corrected chi connectivity index (χ0v) is 25.1. The number of nitrogens with zero attached hydrogens (tertiary/aromatic N) is 9. The van der Waals surface area contributed by atoms with Crippen LogP contribution in [0.2, 0.25) is 0 Å². The number of benzene rings is 1. The van der Waals surface area contributed by atoms with E-state index in [4.69, 9.17) is 14.5 Å². The van der Waals surface area contributed by atoms with E-state index in [0.29, 0.717) is 53.2 Å². The summed E-state index contributed by atoms with van der Waals surface area (Å²) >= 11 is 0. The Balaban J connectivity index is 1.51. The number of anilines is 4. The number of fused-ring (bicyclic) bond motifs is 1. The molecule has 5 heterocycles. The molecule has 0 bridgehead atoms. The maximum Gasteiger partial charge on any atom is 0.295 e. The van der Waals surface area contributed by atoms with E-state index in [2.05, 4.69) is 42.1 Å². The molecule has 0 spiro atoms. The van der Waals surface area contributed by atoms with Gasteiger partial charge >= 0.3 is 0 Å². The van der Waals surface area contributed by atoms with E-state index >= 15 is 0 Å². The predicted molar refractivity (Wildman–Crippen MR) is 162 cm³/mol. The molecular formula is C30H31F2N11O2. The highest BCUT2D eigenvalue weighted by molar-refractivity contribution is 5.92. The standard InChI is InChI=1S/C30H31F2N11O2/c1-16(2)17-11-12-22(35-21(17)15-33)36-23-14-20(34-19-9-7-8-18(26(19)44-4)28-39-41-42(3)40-28)25-29(37-23)43(30(38-25)27(31)32)24-10-5-6-13-45-24/h7-9,11-12,14,16,24,27H,5-6,10,13H2,1-4H3,(H2,34,35,36,37). The Hall–Kier alpha value is -5.23. The number of nitrogens with one attached hydrogen (secondary N) is 2. The Morgan fingerprint density at radius 3 is 2.58 bits per heavy atom. The Morgan fingerprint density at radius 2 is 1.91 bits per heavy atom. The largest absolute Gasteiger partial charge is 0.494 e. The number of rotatable bonds is 9. The van der Waals surface area contributed by atoms with Crippen molar-refractivity contribution in [3.8, 4) is 23.2 Å². The van der Waals surface area contributed by atoms with Crippen LogP contribution in [0.4, 0.5) is 31.8 Å². The van der Waals surface area contributed by atoms with Crippen LogP contribution in [0.3, 0.4) is 0 Å². The number of pyridine rings is 2. The molecule has 1 unspecified atom stereocenters. The summed E-state index contributed by atoms with van der Waals surface area (Å²) in [6.07, 6.45) is -1.33. The van der Waals surface area contributed by atoms with Crippen molar-refractivity contribution in [1.29, 1.82) is 5.26 Å². The lowest BCUT2D eigenvalue weighted by Gasteiger charge is -2.25. The molecule has 13 nitrogen and oxygen atoms in total. The number of hydrogen-bond acceptors (Lipinski definition) is 11. The van der Waals surface area contributed by atoms with Crippen molar-refractivity contribution in [3.05, 3.63) is 53.5 Å². The number of imidazole rings is 1. The van der Waals surface area contributed by atoms with Crippen molar-refractivity contribution in [2.45, 2.75) is 51.7 Å². The van der Waals surface area contributed by atoms with E-state index < -0.39 is 18.5 Å². The van der Waals surface area contributed by atoms with Crippen LogP contribution in [0.5, 0.6) is 5.75 Å². The van der Waals surface area contributed by atoms with Gasteiger partial charge in [0.2, 0.25) is 5.82 Å². The molecule has 1 aromatic carbocycles. The summed E-state index contributed by atoms with van der Waals surface area (Å²) in [5.74, 6) is 1.09. The second kappa shape index (κ2) is 12.4. The van der Waals surface area contributed by atoms with E-state index in [9.17, 15) is 14.0 Å². The molecule has 1 aliphatic rings. The molecule has 1 aliphatic heterocycles. The molecule has 1 saturated heterocycles. The van der Waals surface area contributed by atoms with Gasteiger partial charge in [-0.15, -0.1) is 10.2 Å². The van der Waals surface area contributed by atoms with Gasteiger partial charge in [0.05, 0.1) is 31.1 Å². The average Bonchev–Trinajstić information content (AvgIpc) is 3.65. The third kappa shape index (κ3) is 5.84. The number of hydrogen-bond donors (Lipinski definition) is 2. The molecule has 45 heavy (non-hydrogen) atoms. The number of aryl methyl sites for hydroxylation is 1. The number of alkyl halides is 2. The van der Waals surface area contributed by atoms with Crippen molar-refractivity contribution >= 4 is 34.2 Å². The normalized spacial score (nSPS) is 15.0. The molecule has 1 atom stereocenters. The van der Waals surface area contributed by atoms with Crippen LogP contribution in [0.15, 0.2) is 36.4 Å². The van der Waals surface area contributed by atoms with Crippen molar-refractivity contribution < 1.29 is 18.3 Å². The van der Waals surface area contributed by atoms with Crippen LogP contribution >= 0.6 is 0 Å². The highest BCUT2D eigenvalue weighted by Crippen LogP contribution is 2.40. The summed E-state index contributed by atoms with van der Waals surface area (Å²) in [5.41, 5.74) is 2.98. The molecule has 15 heteroatoms. The molecule has 0 radical (unpaired) electrons. The summed E-state index contributed by atoms with van der Waals surface area (Å²) < 4.78 is 42.0. The molecular weight excluding hydrogens is 584 g/mol. The Morgan fingerprint density at radius 1 is 1.07 bits per heavy atom. The van der Waals surface area contributed by atoms with Crippen molar-refractivity contribution in [3.63, 3.8) is 0 Å². The summed E-state index contributed by atoms with van der Waals surface area (Å²) in [5, 5.41) is 28.5. The highest BCUT2D eigenvalue weighted by atomic mass is 19.3. The van der Waals surface area contributed by atoms with Gasteiger partial charge in [-0.1, -0.05) is 26.0 Å². The van der Waals surface area contributed by atoms with Gasteiger partial charge < -0.3 is 20.1 Å². The van der Waals surface area contributed by atoms with Gasteiger partial charge in [-0.2, -0.15) is 10.1 Å². The molecule has 4 aromatic heterocycles. The third-order valence-corrected chi connectivity index (χ3v) is 7.46. The minimum atomic E-state index is -2.88. The zero-order chi connectivity index (χ0) is 31.7. The van der Waals surface area contributed by atoms with Gasteiger partial charge in [-0.3, -0.25) is 4.57 Å². The van der Waals surface area contributed by atoms with Gasteiger partial charge in [0.15, 0.2) is 17.2 Å². The number of para-hydroxylation sites is 1. The second-order valence-electron chi connectivity index (χ2n) is 10.8. The number of methoxy groups -OCH3 is 1. The number of halogens is 2. The molecule has 5 aromatic rings. The van der Waals surface area contributed by atoms with Crippen LogP contribution in [-0.4, -0.2) is 53.4 Å². The van der Waals surface area contributed by atoms with Crippen molar-refractivity contribution in [2.24, 2.45) is 7.05 Å². The number of nitriles is 1. The predicted octanol–water partition coefficient (Wildman–Crippen LogP) is 6.14. The minimum absolute atomic E-state index is 0.104. The van der Waals surface area contributed by atoms with Gasteiger partial charge in [-0.05, 0) is 54.2 Å². The summed E-state index contributed by atoms with van der Waals surface area (Å²) in [6.45, 7) is 4.41. The minimum Gasteiger partial charge on any atom is -0.494 e. The van der Waals surface area contributed by atoms with Crippen molar-refractivity contribution in [2.75, 3.05) is 24.4 Å². The van der Waals surface area contributed by atoms with E-state index in [1.807, 2.05) is 19.9 Å². The first-order valence-electron chi connectivity index (χ1n) is 14.5. The molecule has 2 N–H and O–H groups in total. The van der Waals surface area contributed by atoms with Crippen LogP contribution in [0, 0.1) is 11.3 Å². The molecule has 0 aliphatic carbocycles. The lowest BCUT2D eigenvalue weighted by atomic mass is 10.0. The maximum atomic E-state index is 14.5. The first kappa shape index (κ1) is 29.8. The monoisotopic (exact) mass is 615 g/mol. The molecule has 232 valence electrons. The first-order valence-corrected chi connectivity index (χ1v) is 14.5. The van der Waals surface area contributed by atoms with Crippen LogP contribution in [-0.2, 0) is 11.8 Å². The van der Waals surface area contributed by atoms with Crippen LogP contribution < -0.4 is 15.4 Å². The lowest BCUT2D eigenvalue weighted by Crippen LogP contribution is -2.20. The highest BCUT2D eigenvalue weighted by Gasteiger charge is 2.29. The smallest absolute Gasteiger partial charge is 0.295 e. The summed E-state index contributed by atoms with van der Waals surface area (Å²) in [6, 6.07) is 12.7. The SMILES string of the molecule is COc1c(Nc2cc(Nc3ccc(C(C)C)c(C#N)n3)nc3c2nc(C(F)F)n3C2CCCCO2)cccc1-c1nnn(C)n1. The van der Waals surface area contributed by atoms with Crippen molar-refractivity contribution in [1.82, 2.24) is 39.7 Å². The van der Waals surface area contributed by atoms with Gasteiger partial charge in [0.1, 0.15) is 35.1 Å². The second-order valence-corrected chi connectivity index (χ2v) is 10.8. The fourth-order valence-corrected chi connectivity index (χ4v) is 5.40. The topological polar surface area (TPSA) is 154 Å². The Bertz CT molecular complexity index is 1890. The lowest BCUT2D eigenvalue weighted by molar-refractivity contribution is -0.0363. The fraction of sp³-hybridized carbons (Fsp3) is 0.367. The van der Waals surface area contributed by atoms with E-state index in [1.165, 1.54) is 16.5 Å².